The predicted octanol–water partition coefficient (Wildman–Crippen LogP) is 4.42. The first-order chi connectivity index (χ1) is 7.99. The fraction of sp³-hybridized carbons (Fsp3) is 0.250. The maximum absolute atomic E-state index is 13.4. The lowest BCUT2D eigenvalue weighted by molar-refractivity contribution is 0.621. The summed E-state index contributed by atoms with van der Waals surface area (Å²) in [4.78, 5) is 4.46. The molecule has 0 amide bonds. The van der Waals surface area contributed by atoms with E-state index < -0.39 is 0 Å². The summed E-state index contributed by atoms with van der Waals surface area (Å²) in [6, 6.07) is 4.92. The van der Waals surface area contributed by atoms with E-state index in [0.29, 0.717) is 26.6 Å². The molecule has 2 aromatic rings. The molecule has 0 spiro atoms. The molecule has 1 heterocycles. The second-order valence-corrected chi connectivity index (χ2v) is 5.97. The van der Waals surface area contributed by atoms with Crippen LogP contribution in [0.25, 0.3) is 11.3 Å². The average molecular weight is 315 g/mol. The average Bonchev–Trinajstić information content (AvgIpc) is 2.65. The summed E-state index contributed by atoms with van der Waals surface area (Å²) in [5.41, 5.74) is 7.31. The van der Waals surface area contributed by atoms with Gasteiger partial charge in [-0.05, 0) is 28.1 Å². The number of nitrogens with two attached hydrogens (primary N) is 1. The molecule has 0 saturated heterocycles. The second-order valence-electron chi connectivity index (χ2n) is 4.05. The summed E-state index contributed by atoms with van der Waals surface area (Å²) in [6.07, 6.45) is 0. The minimum absolute atomic E-state index is 0.305. The van der Waals surface area contributed by atoms with E-state index in [1.54, 1.807) is 6.07 Å². The minimum atomic E-state index is -0.305. The summed E-state index contributed by atoms with van der Waals surface area (Å²) in [7, 11) is 0. The van der Waals surface area contributed by atoms with Crippen LogP contribution in [0.4, 0.5) is 9.39 Å². The van der Waals surface area contributed by atoms with Crippen LogP contribution in [0.3, 0.4) is 0 Å². The molecule has 0 aliphatic heterocycles. The van der Waals surface area contributed by atoms with Crippen molar-refractivity contribution >= 4 is 32.3 Å². The van der Waals surface area contributed by atoms with Crippen molar-refractivity contribution in [1.29, 1.82) is 0 Å². The van der Waals surface area contributed by atoms with Gasteiger partial charge < -0.3 is 5.73 Å². The van der Waals surface area contributed by atoms with E-state index in [9.17, 15) is 4.39 Å². The number of aromatic nitrogens is 1. The number of nitrogen functional groups attached to an aromatic ring is 1. The monoisotopic (exact) mass is 314 g/mol. The molecule has 2 rings (SSSR count). The van der Waals surface area contributed by atoms with Gasteiger partial charge in [0.2, 0.25) is 0 Å². The molecular formula is C12H12BrFN2S. The fourth-order valence-corrected chi connectivity index (χ4v) is 2.55. The lowest BCUT2D eigenvalue weighted by Crippen LogP contribution is -1.89. The summed E-state index contributed by atoms with van der Waals surface area (Å²) in [5.74, 6) is 0.0253. The molecule has 17 heavy (non-hydrogen) atoms. The van der Waals surface area contributed by atoms with E-state index in [0.717, 1.165) is 5.01 Å². The molecule has 5 heteroatoms. The number of hydrogen-bond donors (Lipinski definition) is 1. The van der Waals surface area contributed by atoms with Gasteiger partial charge in [0, 0.05) is 11.5 Å². The number of rotatable bonds is 2. The van der Waals surface area contributed by atoms with Crippen LogP contribution in [0.5, 0.6) is 0 Å². The zero-order valence-electron chi connectivity index (χ0n) is 9.50. The van der Waals surface area contributed by atoms with E-state index >= 15 is 0 Å². The van der Waals surface area contributed by atoms with Crippen LogP contribution in [-0.2, 0) is 0 Å². The largest absolute Gasteiger partial charge is 0.389 e. The molecule has 0 aliphatic rings. The van der Waals surface area contributed by atoms with Crippen LogP contribution in [0.1, 0.15) is 24.8 Å². The van der Waals surface area contributed by atoms with Crippen molar-refractivity contribution in [2.45, 2.75) is 19.8 Å². The minimum Gasteiger partial charge on any atom is -0.389 e. The molecule has 1 aromatic heterocycles. The summed E-state index contributed by atoms with van der Waals surface area (Å²) in [6.45, 7) is 4.12. The Morgan fingerprint density at radius 3 is 2.65 bits per heavy atom. The van der Waals surface area contributed by atoms with E-state index in [2.05, 4.69) is 34.8 Å². The van der Waals surface area contributed by atoms with Crippen molar-refractivity contribution in [3.63, 3.8) is 0 Å². The number of halogens is 2. The molecule has 0 unspecified atom stereocenters. The van der Waals surface area contributed by atoms with Crippen LogP contribution in [0.2, 0.25) is 0 Å². The van der Waals surface area contributed by atoms with Gasteiger partial charge >= 0.3 is 0 Å². The van der Waals surface area contributed by atoms with Gasteiger partial charge in [0.05, 0.1) is 9.48 Å². The summed E-state index contributed by atoms with van der Waals surface area (Å²) < 4.78 is 13.9. The SMILES string of the molecule is CC(C)c1nc(-c2ccc(Br)c(F)c2)c(N)s1. The fourth-order valence-electron chi connectivity index (χ4n) is 1.45. The molecule has 0 fully saturated rings. The van der Waals surface area contributed by atoms with Gasteiger partial charge in [-0.3, -0.25) is 0 Å². The highest BCUT2D eigenvalue weighted by molar-refractivity contribution is 9.10. The van der Waals surface area contributed by atoms with Gasteiger partial charge in [-0.15, -0.1) is 11.3 Å². The first-order valence-electron chi connectivity index (χ1n) is 5.20. The lowest BCUT2D eigenvalue weighted by Gasteiger charge is -2.00. The van der Waals surface area contributed by atoms with Crippen LogP contribution < -0.4 is 5.73 Å². The molecule has 0 atom stereocenters. The predicted molar refractivity (Wildman–Crippen MR) is 73.7 cm³/mol. The van der Waals surface area contributed by atoms with Crippen molar-refractivity contribution in [2.24, 2.45) is 0 Å². The highest BCUT2D eigenvalue weighted by atomic mass is 79.9. The number of anilines is 1. The Labute approximate surface area is 112 Å². The maximum atomic E-state index is 13.4. The molecule has 0 aliphatic carbocycles. The molecular weight excluding hydrogens is 303 g/mol. The van der Waals surface area contributed by atoms with Gasteiger partial charge in [-0.1, -0.05) is 19.9 Å². The smallest absolute Gasteiger partial charge is 0.138 e. The van der Waals surface area contributed by atoms with Gasteiger partial charge in [-0.25, -0.2) is 9.37 Å². The van der Waals surface area contributed by atoms with E-state index in [-0.39, 0.29) is 5.82 Å². The third-order valence-electron chi connectivity index (χ3n) is 2.36. The maximum Gasteiger partial charge on any atom is 0.138 e. The van der Waals surface area contributed by atoms with Crippen molar-refractivity contribution in [2.75, 3.05) is 5.73 Å². The van der Waals surface area contributed by atoms with E-state index in [1.807, 2.05) is 6.07 Å². The van der Waals surface area contributed by atoms with Crippen LogP contribution in [0, 0.1) is 5.82 Å². The van der Waals surface area contributed by atoms with Crippen LogP contribution >= 0.6 is 27.3 Å². The van der Waals surface area contributed by atoms with Crippen molar-refractivity contribution in [3.05, 3.63) is 33.5 Å². The zero-order chi connectivity index (χ0) is 12.6. The number of thiazole rings is 1. The number of benzene rings is 1. The Morgan fingerprint density at radius 1 is 1.41 bits per heavy atom. The third-order valence-corrected chi connectivity index (χ3v) is 4.19. The molecule has 2 nitrogen and oxygen atoms in total. The van der Waals surface area contributed by atoms with E-state index in [4.69, 9.17) is 5.73 Å². The third kappa shape index (κ3) is 2.50. The molecule has 1 aromatic carbocycles. The van der Waals surface area contributed by atoms with Gasteiger partial charge in [-0.2, -0.15) is 0 Å². The van der Waals surface area contributed by atoms with Crippen molar-refractivity contribution < 1.29 is 4.39 Å². The number of nitrogens with zero attached hydrogens (tertiary/aromatic N) is 1. The lowest BCUT2D eigenvalue weighted by atomic mass is 10.1. The Balaban J connectivity index is 2.49. The normalized spacial score (nSPS) is 11.1. The highest BCUT2D eigenvalue weighted by Gasteiger charge is 2.13. The number of hydrogen-bond acceptors (Lipinski definition) is 3. The van der Waals surface area contributed by atoms with Crippen molar-refractivity contribution in [1.82, 2.24) is 4.98 Å². The zero-order valence-corrected chi connectivity index (χ0v) is 11.9. The Kier molecular flexibility index (Phi) is 3.49. The highest BCUT2D eigenvalue weighted by Crippen LogP contribution is 2.34. The summed E-state index contributed by atoms with van der Waals surface area (Å²) in [5, 5.41) is 1.61. The Hall–Kier alpha value is -0.940. The first kappa shape index (κ1) is 12.5. The topological polar surface area (TPSA) is 38.9 Å². The van der Waals surface area contributed by atoms with Gasteiger partial charge in [0.1, 0.15) is 16.5 Å². The standard InChI is InChI=1S/C12H12BrFN2S/c1-6(2)12-16-10(11(15)17-12)7-3-4-8(13)9(14)5-7/h3-6H,15H2,1-2H3. The second kappa shape index (κ2) is 4.74. The van der Waals surface area contributed by atoms with Crippen LogP contribution in [0.15, 0.2) is 22.7 Å². The molecule has 0 radical (unpaired) electrons. The summed E-state index contributed by atoms with van der Waals surface area (Å²) >= 11 is 4.58. The Bertz CT molecular complexity index is 551. The quantitative estimate of drug-likeness (QED) is 0.891. The molecule has 0 saturated carbocycles. The molecule has 2 N–H and O–H groups in total. The Morgan fingerprint density at radius 2 is 2.12 bits per heavy atom. The first-order valence-corrected chi connectivity index (χ1v) is 6.81. The molecule has 90 valence electrons. The molecule has 0 bridgehead atoms. The van der Waals surface area contributed by atoms with Crippen LogP contribution in [-0.4, -0.2) is 4.98 Å². The van der Waals surface area contributed by atoms with Gasteiger partial charge in [0.25, 0.3) is 0 Å². The van der Waals surface area contributed by atoms with E-state index in [1.165, 1.54) is 17.4 Å². The van der Waals surface area contributed by atoms with Gasteiger partial charge in [0.15, 0.2) is 0 Å². The van der Waals surface area contributed by atoms with Crippen molar-refractivity contribution in [3.8, 4) is 11.3 Å².